The molecule has 2 heterocycles. The number of amides is 1. The Labute approximate surface area is 160 Å². The molecule has 6 nitrogen and oxygen atoms in total. The van der Waals surface area contributed by atoms with Crippen LogP contribution in [0.25, 0.3) is 0 Å². The molecule has 0 bridgehead atoms. The lowest BCUT2D eigenvalue weighted by Gasteiger charge is -2.35. The zero-order chi connectivity index (χ0) is 19.2. The van der Waals surface area contributed by atoms with E-state index in [1.807, 2.05) is 54.6 Å². The molecule has 2 aliphatic rings. The maximum Gasteiger partial charge on any atom is 0.282 e. The second-order valence-electron chi connectivity index (χ2n) is 7.07. The van der Waals surface area contributed by atoms with Gasteiger partial charge in [0.1, 0.15) is 0 Å². The molecule has 0 radical (unpaired) electrons. The summed E-state index contributed by atoms with van der Waals surface area (Å²) in [5, 5.41) is 2.97. The molecule has 1 fully saturated rings. The van der Waals surface area contributed by atoms with Gasteiger partial charge in [0, 0.05) is 25.8 Å². The summed E-state index contributed by atoms with van der Waals surface area (Å²) in [6, 6.07) is 16.5. The predicted molar refractivity (Wildman–Crippen MR) is 104 cm³/mol. The fraction of sp³-hybridized carbons (Fsp3) is 0.350. The van der Waals surface area contributed by atoms with Gasteiger partial charge in [0.25, 0.3) is 10.2 Å². The first-order valence-electron chi connectivity index (χ1n) is 9.12. The van der Waals surface area contributed by atoms with Crippen LogP contribution in [-0.4, -0.2) is 43.1 Å². The molecule has 2 aromatic rings. The van der Waals surface area contributed by atoms with Crippen LogP contribution in [0.4, 0.5) is 5.69 Å². The van der Waals surface area contributed by atoms with Gasteiger partial charge in [-0.2, -0.15) is 17.0 Å². The first-order valence-corrected chi connectivity index (χ1v) is 10.5. The van der Waals surface area contributed by atoms with E-state index in [4.69, 9.17) is 0 Å². The van der Waals surface area contributed by atoms with E-state index in [0.29, 0.717) is 19.5 Å². The van der Waals surface area contributed by atoms with Crippen molar-refractivity contribution < 1.29 is 13.2 Å². The number of hydrogen-bond donors (Lipinski definition) is 1. The van der Waals surface area contributed by atoms with Gasteiger partial charge < -0.3 is 5.32 Å². The Hall–Kier alpha value is -2.22. The van der Waals surface area contributed by atoms with E-state index in [1.165, 1.54) is 8.61 Å². The number of carbonyl (C=O) groups excluding carboxylic acids is 1. The predicted octanol–water partition coefficient (Wildman–Crippen LogP) is 2.52. The standard InChI is InChI=1S/C20H23N3O3S/c1-3-22(2)27(25,26)23-14-13-20(18(23)15-9-5-4-6-10-15)16-11-7-8-12-17(16)21-19(20)24/h4-12,18H,3,13-14H2,1-2H3,(H,21,24)/t18-,20+/m0/s1. The third kappa shape index (κ3) is 2.53. The SMILES string of the molecule is CCN(C)S(=O)(=O)N1CC[C@]2(C(=O)Nc3ccccc32)[C@@H]1c1ccccc1. The van der Waals surface area contributed by atoms with Gasteiger partial charge in [0.2, 0.25) is 5.91 Å². The van der Waals surface area contributed by atoms with Crippen molar-refractivity contribution in [2.45, 2.75) is 24.8 Å². The molecule has 1 N–H and O–H groups in total. The molecular weight excluding hydrogens is 362 g/mol. The van der Waals surface area contributed by atoms with Crippen LogP contribution in [0.1, 0.15) is 30.5 Å². The smallest absolute Gasteiger partial charge is 0.282 e. The van der Waals surface area contributed by atoms with E-state index < -0.39 is 21.7 Å². The highest BCUT2D eigenvalue weighted by Crippen LogP contribution is 2.55. The summed E-state index contributed by atoms with van der Waals surface area (Å²) in [7, 11) is -2.11. The quantitative estimate of drug-likeness (QED) is 0.879. The largest absolute Gasteiger partial charge is 0.325 e. The van der Waals surface area contributed by atoms with Crippen molar-refractivity contribution in [3.8, 4) is 0 Å². The number of nitrogens with one attached hydrogen (secondary N) is 1. The molecule has 0 aromatic heterocycles. The third-order valence-corrected chi connectivity index (χ3v) is 7.83. The molecule has 2 aliphatic heterocycles. The fourth-order valence-electron chi connectivity index (χ4n) is 4.33. The normalized spacial score (nSPS) is 25.1. The summed E-state index contributed by atoms with van der Waals surface area (Å²) in [5.74, 6) is -0.130. The fourth-order valence-corrected chi connectivity index (χ4v) is 5.91. The van der Waals surface area contributed by atoms with Crippen molar-refractivity contribution in [3.63, 3.8) is 0 Å². The van der Waals surface area contributed by atoms with Gasteiger partial charge in [0.15, 0.2) is 0 Å². The second-order valence-corrected chi connectivity index (χ2v) is 9.05. The number of anilines is 1. The molecule has 0 aliphatic carbocycles. The van der Waals surface area contributed by atoms with Crippen molar-refractivity contribution in [1.29, 1.82) is 0 Å². The van der Waals surface area contributed by atoms with Gasteiger partial charge in [-0.15, -0.1) is 0 Å². The van der Waals surface area contributed by atoms with Crippen LogP contribution in [0.15, 0.2) is 54.6 Å². The zero-order valence-electron chi connectivity index (χ0n) is 15.4. The van der Waals surface area contributed by atoms with Crippen LogP contribution in [0, 0.1) is 0 Å². The maximum atomic E-state index is 13.2. The van der Waals surface area contributed by atoms with Crippen LogP contribution in [-0.2, 0) is 20.4 Å². The summed E-state index contributed by atoms with van der Waals surface area (Å²) < 4.78 is 29.3. The minimum Gasteiger partial charge on any atom is -0.325 e. The summed E-state index contributed by atoms with van der Waals surface area (Å²) in [6.07, 6.45) is 0.451. The Kier molecular flexibility index (Phi) is 4.33. The van der Waals surface area contributed by atoms with Crippen molar-refractivity contribution >= 4 is 21.8 Å². The number of nitrogens with zero attached hydrogens (tertiary/aromatic N) is 2. The van der Waals surface area contributed by atoms with Gasteiger partial charge >= 0.3 is 0 Å². The summed E-state index contributed by atoms with van der Waals surface area (Å²) in [5.41, 5.74) is 1.56. The van der Waals surface area contributed by atoms with Crippen LogP contribution in [0.3, 0.4) is 0 Å². The first-order chi connectivity index (χ1) is 12.9. The molecule has 1 saturated heterocycles. The molecule has 2 atom stereocenters. The van der Waals surface area contributed by atoms with E-state index in [9.17, 15) is 13.2 Å². The van der Waals surface area contributed by atoms with Crippen LogP contribution < -0.4 is 5.32 Å². The molecule has 2 aromatic carbocycles. The topological polar surface area (TPSA) is 69.7 Å². The number of fused-ring (bicyclic) bond motifs is 2. The number of carbonyl (C=O) groups is 1. The van der Waals surface area contributed by atoms with Crippen molar-refractivity contribution in [3.05, 3.63) is 65.7 Å². The molecule has 1 amide bonds. The average molecular weight is 385 g/mol. The molecule has 27 heavy (non-hydrogen) atoms. The summed E-state index contributed by atoms with van der Waals surface area (Å²) >= 11 is 0. The van der Waals surface area contributed by atoms with Gasteiger partial charge in [-0.1, -0.05) is 55.5 Å². The van der Waals surface area contributed by atoms with Crippen LogP contribution in [0.2, 0.25) is 0 Å². The Morgan fingerprint density at radius 3 is 2.52 bits per heavy atom. The minimum atomic E-state index is -3.69. The van der Waals surface area contributed by atoms with Crippen molar-refractivity contribution in [2.24, 2.45) is 0 Å². The lowest BCUT2D eigenvalue weighted by atomic mass is 9.73. The van der Waals surface area contributed by atoms with Crippen LogP contribution in [0.5, 0.6) is 0 Å². The minimum absolute atomic E-state index is 0.130. The van der Waals surface area contributed by atoms with Crippen molar-refractivity contribution in [2.75, 3.05) is 25.5 Å². The Balaban J connectivity index is 1.93. The van der Waals surface area contributed by atoms with Gasteiger partial charge in [-0.25, -0.2) is 0 Å². The maximum absolute atomic E-state index is 13.2. The van der Waals surface area contributed by atoms with Crippen molar-refractivity contribution in [1.82, 2.24) is 8.61 Å². The lowest BCUT2D eigenvalue weighted by Crippen LogP contribution is -2.46. The van der Waals surface area contributed by atoms with Gasteiger partial charge in [0.05, 0.1) is 11.5 Å². The Morgan fingerprint density at radius 1 is 1.15 bits per heavy atom. The zero-order valence-corrected chi connectivity index (χ0v) is 16.2. The van der Waals surface area contributed by atoms with Gasteiger partial charge in [-0.05, 0) is 23.6 Å². The number of hydrogen-bond acceptors (Lipinski definition) is 3. The Bertz CT molecular complexity index is 977. The summed E-state index contributed by atoms with van der Waals surface area (Å²) in [4.78, 5) is 13.2. The highest BCUT2D eigenvalue weighted by molar-refractivity contribution is 7.86. The highest BCUT2D eigenvalue weighted by Gasteiger charge is 2.61. The van der Waals surface area contributed by atoms with E-state index >= 15 is 0 Å². The lowest BCUT2D eigenvalue weighted by molar-refractivity contribution is -0.121. The molecule has 4 rings (SSSR count). The molecule has 0 unspecified atom stereocenters. The van der Waals surface area contributed by atoms with Crippen LogP contribution >= 0.6 is 0 Å². The first kappa shape index (κ1) is 18.2. The molecule has 0 saturated carbocycles. The third-order valence-electron chi connectivity index (χ3n) is 5.79. The molecule has 1 spiro atoms. The van der Waals surface area contributed by atoms with E-state index in [0.717, 1.165) is 16.8 Å². The average Bonchev–Trinajstić information content (AvgIpc) is 3.22. The monoisotopic (exact) mass is 385 g/mol. The molecule has 7 heteroatoms. The number of para-hydroxylation sites is 1. The Morgan fingerprint density at radius 2 is 1.81 bits per heavy atom. The molecule has 142 valence electrons. The van der Waals surface area contributed by atoms with E-state index in [-0.39, 0.29) is 5.91 Å². The highest BCUT2D eigenvalue weighted by atomic mass is 32.2. The summed E-state index contributed by atoms with van der Waals surface area (Å²) in [6.45, 7) is 2.47. The second kappa shape index (κ2) is 6.44. The van der Waals surface area contributed by atoms with Gasteiger partial charge in [-0.3, -0.25) is 4.79 Å². The number of benzene rings is 2. The van der Waals surface area contributed by atoms with E-state index in [1.54, 1.807) is 14.0 Å². The van der Waals surface area contributed by atoms with E-state index in [2.05, 4.69) is 5.32 Å². The molecular formula is C20H23N3O3S. The number of rotatable bonds is 4.